The third kappa shape index (κ3) is 4.23. The van der Waals surface area contributed by atoms with E-state index in [0.29, 0.717) is 28.2 Å². The molecule has 30 heavy (non-hydrogen) atoms. The van der Waals surface area contributed by atoms with E-state index in [2.05, 4.69) is 0 Å². The number of hydrogen-bond acceptors (Lipinski definition) is 4. The van der Waals surface area contributed by atoms with Gasteiger partial charge in [0.2, 0.25) is 0 Å². The van der Waals surface area contributed by atoms with Crippen molar-refractivity contribution in [2.24, 2.45) is 0 Å². The molecule has 0 saturated carbocycles. The molecule has 3 aromatic rings. The second kappa shape index (κ2) is 8.88. The monoisotopic (exact) mass is 426 g/mol. The first-order valence-electron chi connectivity index (χ1n) is 8.98. The lowest BCUT2D eigenvalue weighted by molar-refractivity contribution is 0.0694. The molecule has 0 amide bonds. The Hall–Kier alpha value is -3.51. The maximum Gasteiger partial charge on any atom is 0.336 e. The molecule has 0 atom stereocenters. The van der Waals surface area contributed by atoms with Gasteiger partial charge in [-0.25, -0.2) is 9.59 Å². The van der Waals surface area contributed by atoms with Crippen molar-refractivity contribution in [3.63, 3.8) is 0 Å². The maximum atomic E-state index is 12.3. The van der Waals surface area contributed by atoms with Crippen LogP contribution >= 0.6 is 11.6 Å². The minimum Gasteiger partial charge on any atom is -0.497 e. The van der Waals surface area contributed by atoms with Gasteiger partial charge in [0.05, 0.1) is 18.2 Å². The van der Waals surface area contributed by atoms with E-state index in [4.69, 9.17) is 21.1 Å². The quantitative estimate of drug-likeness (QED) is 0.532. The summed E-state index contributed by atoms with van der Waals surface area (Å²) >= 11 is 6.28. The lowest BCUT2D eigenvalue weighted by Gasteiger charge is -2.19. The molecule has 3 aromatic carbocycles. The van der Waals surface area contributed by atoms with Gasteiger partial charge in [0.1, 0.15) is 18.1 Å². The molecule has 0 aliphatic carbocycles. The number of aromatic carboxylic acids is 2. The summed E-state index contributed by atoms with van der Waals surface area (Å²) in [6, 6.07) is 14.9. The molecular formula is C23H19ClO6. The van der Waals surface area contributed by atoms with E-state index < -0.39 is 11.9 Å². The molecule has 0 aliphatic rings. The van der Waals surface area contributed by atoms with Crippen LogP contribution in [0.3, 0.4) is 0 Å². The molecule has 0 spiro atoms. The van der Waals surface area contributed by atoms with Gasteiger partial charge in [-0.2, -0.15) is 0 Å². The zero-order valence-corrected chi connectivity index (χ0v) is 17.1. The number of ether oxygens (including phenoxy) is 2. The Bertz CT molecular complexity index is 1120. The Morgan fingerprint density at radius 3 is 2.30 bits per heavy atom. The molecule has 0 fully saturated rings. The zero-order valence-electron chi connectivity index (χ0n) is 16.3. The van der Waals surface area contributed by atoms with Crippen LogP contribution in [-0.2, 0) is 6.61 Å². The Morgan fingerprint density at radius 2 is 1.67 bits per heavy atom. The summed E-state index contributed by atoms with van der Waals surface area (Å²) < 4.78 is 11.0. The van der Waals surface area contributed by atoms with Crippen LogP contribution in [0, 0.1) is 6.92 Å². The molecule has 0 aliphatic heterocycles. The van der Waals surface area contributed by atoms with Crippen LogP contribution in [0.15, 0.2) is 54.6 Å². The van der Waals surface area contributed by atoms with Crippen LogP contribution in [0.4, 0.5) is 0 Å². The van der Waals surface area contributed by atoms with E-state index >= 15 is 0 Å². The summed E-state index contributed by atoms with van der Waals surface area (Å²) in [5.74, 6) is -1.41. The highest BCUT2D eigenvalue weighted by Gasteiger charge is 2.27. The summed E-state index contributed by atoms with van der Waals surface area (Å²) in [4.78, 5) is 24.2. The fourth-order valence-corrected chi connectivity index (χ4v) is 3.47. The van der Waals surface area contributed by atoms with Gasteiger partial charge in [-0.05, 0) is 36.8 Å². The fraction of sp³-hybridized carbons (Fsp3) is 0.130. The van der Waals surface area contributed by atoms with Crippen molar-refractivity contribution < 1.29 is 29.3 Å². The normalized spacial score (nSPS) is 10.5. The molecule has 0 heterocycles. The van der Waals surface area contributed by atoms with E-state index in [1.165, 1.54) is 13.2 Å². The maximum absolute atomic E-state index is 12.3. The summed E-state index contributed by atoms with van der Waals surface area (Å²) in [7, 11) is 1.53. The van der Waals surface area contributed by atoms with Crippen LogP contribution in [-0.4, -0.2) is 29.3 Å². The number of benzene rings is 3. The van der Waals surface area contributed by atoms with Crippen LogP contribution in [0.2, 0.25) is 5.02 Å². The van der Waals surface area contributed by atoms with Crippen LogP contribution in [0.5, 0.6) is 11.5 Å². The molecular weight excluding hydrogens is 408 g/mol. The largest absolute Gasteiger partial charge is 0.497 e. The van der Waals surface area contributed by atoms with Crippen molar-refractivity contribution in [3.05, 3.63) is 81.9 Å². The highest BCUT2D eigenvalue weighted by Crippen LogP contribution is 2.37. The van der Waals surface area contributed by atoms with Gasteiger partial charge in [-0.1, -0.05) is 35.9 Å². The van der Waals surface area contributed by atoms with Crippen molar-refractivity contribution >= 4 is 23.5 Å². The van der Waals surface area contributed by atoms with Gasteiger partial charge in [-0.3, -0.25) is 0 Å². The van der Waals surface area contributed by atoms with Gasteiger partial charge in [-0.15, -0.1) is 0 Å². The van der Waals surface area contributed by atoms with Crippen LogP contribution in [0.25, 0.3) is 11.1 Å². The first-order chi connectivity index (χ1) is 14.3. The van der Waals surface area contributed by atoms with Crippen molar-refractivity contribution in [1.29, 1.82) is 0 Å². The number of carboxylic acid groups (broad SMARTS) is 2. The summed E-state index contributed by atoms with van der Waals surface area (Å²) in [6.45, 7) is 1.58. The molecule has 6 nitrogen and oxygen atoms in total. The van der Waals surface area contributed by atoms with E-state index in [1.807, 2.05) is 0 Å². The Morgan fingerprint density at radius 1 is 0.967 bits per heavy atom. The molecule has 154 valence electrons. The topological polar surface area (TPSA) is 93.1 Å². The third-order valence-electron chi connectivity index (χ3n) is 4.67. The molecule has 0 bridgehead atoms. The SMILES string of the molecule is COc1cccc(OCc2c(C)cc(C(=O)O)c(-c3ccccc3Cl)c2C(=O)O)c1. The first kappa shape index (κ1) is 21.2. The Kier molecular flexibility index (Phi) is 6.28. The number of carboxylic acids is 2. The second-order valence-corrected chi connectivity index (χ2v) is 6.93. The molecule has 0 saturated heterocycles. The standard InChI is InChI=1S/C23H19ClO6/c1-13-10-17(22(25)26)20(16-8-3-4-9-19(16)24)21(23(27)28)18(13)12-30-15-7-5-6-14(11-15)29-2/h3-11H,12H2,1-2H3,(H,25,26)(H,27,28). The summed E-state index contributed by atoms with van der Waals surface area (Å²) in [5, 5.41) is 20.0. The van der Waals surface area contributed by atoms with Crippen LogP contribution < -0.4 is 9.47 Å². The molecule has 7 heteroatoms. The lowest BCUT2D eigenvalue weighted by Crippen LogP contribution is -2.14. The van der Waals surface area contributed by atoms with Crippen molar-refractivity contribution in [2.45, 2.75) is 13.5 Å². The van der Waals surface area contributed by atoms with Gasteiger partial charge in [0, 0.05) is 27.8 Å². The van der Waals surface area contributed by atoms with E-state index in [-0.39, 0.29) is 28.3 Å². The number of methoxy groups -OCH3 is 1. The summed E-state index contributed by atoms with van der Waals surface area (Å²) in [6.07, 6.45) is 0. The van der Waals surface area contributed by atoms with Gasteiger partial charge in [0.25, 0.3) is 0 Å². The van der Waals surface area contributed by atoms with Crippen LogP contribution in [0.1, 0.15) is 31.8 Å². The molecule has 0 radical (unpaired) electrons. The molecule has 0 aromatic heterocycles. The minimum absolute atomic E-state index is 0.0513. The highest BCUT2D eigenvalue weighted by atomic mass is 35.5. The summed E-state index contributed by atoms with van der Waals surface area (Å²) in [5.41, 5.74) is 0.951. The number of aryl methyl sites for hydroxylation is 1. The van der Waals surface area contributed by atoms with E-state index in [9.17, 15) is 19.8 Å². The predicted octanol–water partition coefficient (Wildman–Crippen LogP) is 5.30. The average molecular weight is 427 g/mol. The lowest BCUT2D eigenvalue weighted by atomic mass is 9.88. The van der Waals surface area contributed by atoms with Gasteiger partial charge < -0.3 is 19.7 Å². The van der Waals surface area contributed by atoms with Gasteiger partial charge in [0.15, 0.2) is 0 Å². The van der Waals surface area contributed by atoms with Crippen molar-refractivity contribution in [3.8, 4) is 22.6 Å². The minimum atomic E-state index is -1.26. The Labute approximate surface area is 178 Å². The van der Waals surface area contributed by atoms with Crippen molar-refractivity contribution in [2.75, 3.05) is 7.11 Å². The average Bonchev–Trinajstić information content (AvgIpc) is 2.72. The molecule has 3 rings (SSSR count). The number of halogens is 1. The number of hydrogen-bond donors (Lipinski definition) is 2. The second-order valence-electron chi connectivity index (χ2n) is 6.53. The highest BCUT2D eigenvalue weighted by molar-refractivity contribution is 6.33. The number of carbonyl (C=O) groups is 2. The molecule has 0 unspecified atom stereocenters. The fourth-order valence-electron chi connectivity index (χ4n) is 3.24. The smallest absolute Gasteiger partial charge is 0.336 e. The Balaban J connectivity index is 2.18. The van der Waals surface area contributed by atoms with E-state index in [0.717, 1.165) is 0 Å². The predicted molar refractivity (Wildman–Crippen MR) is 113 cm³/mol. The molecule has 2 N–H and O–H groups in total. The number of rotatable bonds is 7. The zero-order chi connectivity index (χ0) is 21.8. The first-order valence-corrected chi connectivity index (χ1v) is 9.36. The van der Waals surface area contributed by atoms with E-state index in [1.54, 1.807) is 55.5 Å². The van der Waals surface area contributed by atoms with Gasteiger partial charge >= 0.3 is 11.9 Å². The third-order valence-corrected chi connectivity index (χ3v) is 5.00. The van der Waals surface area contributed by atoms with Crippen molar-refractivity contribution in [1.82, 2.24) is 0 Å².